The van der Waals surface area contributed by atoms with Gasteiger partial charge in [0.1, 0.15) is 11.5 Å². The third-order valence-corrected chi connectivity index (χ3v) is 7.57. The molecule has 194 valence electrons. The smallest absolute Gasteiger partial charge is 0.118 e. The van der Waals surface area contributed by atoms with Gasteiger partial charge in [-0.25, -0.2) is 0 Å². The number of hydrogen-bond acceptors (Lipinski definition) is 2. The summed E-state index contributed by atoms with van der Waals surface area (Å²) in [5, 5.41) is 9.28. The highest BCUT2D eigenvalue weighted by molar-refractivity contribution is 5.29. The van der Waals surface area contributed by atoms with Crippen molar-refractivity contribution >= 4 is 0 Å². The van der Waals surface area contributed by atoms with Gasteiger partial charge in [-0.05, 0) is 83.0 Å². The van der Waals surface area contributed by atoms with Crippen molar-refractivity contribution in [2.45, 2.75) is 52.4 Å². The zero-order valence-electron chi connectivity index (χ0n) is 23.0. The minimum Gasteiger partial charge on any atom is -0.508 e. The fourth-order valence-corrected chi connectivity index (χ4v) is 4.66. The topological polar surface area (TPSA) is 29.5 Å². The summed E-state index contributed by atoms with van der Waals surface area (Å²) >= 11 is 0. The first-order valence-corrected chi connectivity index (χ1v) is 13.4. The zero-order valence-corrected chi connectivity index (χ0v) is 23.0. The van der Waals surface area contributed by atoms with E-state index in [4.69, 9.17) is 4.74 Å². The maximum atomic E-state index is 9.28. The molecular weight excluding hydrogens is 452 g/mol. The van der Waals surface area contributed by atoms with Crippen LogP contribution in [-0.4, -0.2) is 12.2 Å². The van der Waals surface area contributed by atoms with Crippen LogP contribution in [0, 0.1) is 11.8 Å². The average Bonchev–Trinajstić information content (AvgIpc) is 2.95. The molecule has 4 unspecified atom stereocenters. The fraction of sp³-hybridized carbons (Fsp3) is 0.314. The lowest BCUT2D eigenvalue weighted by atomic mass is 9.85. The van der Waals surface area contributed by atoms with Crippen LogP contribution >= 0.6 is 0 Å². The Morgan fingerprint density at radius 3 is 1.30 bits per heavy atom. The predicted molar refractivity (Wildman–Crippen MR) is 157 cm³/mol. The van der Waals surface area contributed by atoms with Crippen molar-refractivity contribution in [3.63, 3.8) is 0 Å². The van der Waals surface area contributed by atoms with Gasteiger partial charge in [-0.1, -0.05) is 113 Å². The summed E-state index contributed by atoms with van der Waals surface area (Å²) in [5.74, 6) is 3.58. The van der Waals surface area contributed by atoms with Gasteiger partial charge in [-0.15, -0.1) is 0 Å². The lowest BCUT2D eigenvalue weighted by Gasteiger charge is -2.20. The predicted octanol–water partition coefficient (Wildman–Crippen LogP) is 9.05. The molecule has 0 saturated carbocycles. The molecule has 37 heavy (non-hydrogen) atoms. The SMILES string of the molecule is CC(Cc1ccc(O)cc1)C(C)c1ccccc1.COc1ccc(CC(C)C(C)c2ccccc2)cc1. The first kappa shape index (κ1) is 28.1. The van der Waals surface area contributed by atoms with E-state index < -0.39 is 0 Å². The van der Waals surface area contributed by atoms with Crippen molar-refractivity contribution in [2.24, 2.45) is 11.8 Å². The second-order valence-corrected chi connectivity index (χ2v) is 10.3. The summed E-state index contributed by atoms with van der Waals surface area (Å²) in [7, 11) is 1.70. The summed E-state index contributed by atoms with van der Waals surface area (Å²) in [6.07, 6.45) is 2.14. The van der Waals surface area contributed by atoms with Gasteiger partial charge in [0.15, 0.2) is 0 Å². The van der Waals surface area contributed by atoms with Crippen LogP contribution in [0.5, 0.6) is 11.5 Å². The standard InChI is InChI=1S/C18H22O.C17H20O/c1-14(15(2)17-7-5-4-6-8-17)13-16-9-11-18(19-3)12-10-16;1-13(12-15-8-10-17(18)11-9-15)14(2)16-6-4-3-5-7-16/h4-12,14-15H,13H2,1-3H3;3-11,13-14,18H,12H2,1-2H3. The quantitative estimate of drug-likeness (QED) is 0.251. The molecule has 4 atom stereocenters. The first-order valence-electron chi connectivity index (χ1n) is 13.4. The molecule has 0 bridgehead atoms. The molecule has 0 spiro atoms. The Bertz CT molecular complexity index is 1150. The normalized spacial score (nSPS) is 14.0. The molecule has 4 aromatic carbocycles. The third-order valence-electron chi connectivity index (χ3n) is 7.57. The molecule has 0 heterocycles. The summed E-state index contributed by atoms with van der Waals surface area (Å²) in [6, 6.07) is 37.3. The summed E-state index contributed by atoms with van der Waals surface area (Å²) < 4.78 is 5.19. The van der Waals surface area contributed by atoms with Gasteiger partial charge in [-0.3, -0.25) is 0 Å². The fourth-order valence-electron chi connectivity index (χ4n) is 4.66. The summed E-state index contributed by atoms with van der Waals surface area (Å²) in [5.41, 5.74) is 5.46. The van der Waals surface area contributed by atoms with Gasteiger partial charge < -0.3 is 9.84 Å². The monoisotopic (exact) mass is 494 g/mol. The Morgan fingerprint density at radius 2 is 0.919 bits per heavy atom. The van der Waals surface area contributed by atoms with Gasteiger partial charge in [0.2, 0.25) is 0 Å². The van der Waals surface area contributed by atoms with E-state index in [9.17, 15) is 5.11 Å². The summed E-state index contributed by atoms with van der Waals surface area (Å²) in [4.78, 5) is 0. The van der Waals surface area contributed by atoms with Gasteiger partial charge in [-0.2, -0.15) is 0 Å². The molecule has 0 aliphatic carbocycles. The van der Waals surface area contributed by atoms with Crippen LogP contribution < -0.4 is 4.74 Å². The zero-order chi connectivity index (χ0) is 26.6. The van der Waals surface area contributed by atoms with Crippen molar-refractivity contribution in [2.75, 3.05) is 7.11 Å². The van der Waals surface area contributed by atoms with E-state index in [2.05, 4.69) is 100 Å². The van der Waals surface area contributed by atoms with Crippen LogP contribution in [0.1, 0.15) is 61.8 Å². The Balaban J connectivity index is 0.000000206. The van der Waals surface area contributed by atoms with Crippen molar-refractivity contribution < 1.29 is 9.84 Å². The lowest BCUT2D eigenvalue weighted by Crippen LogP contribution is -2.09. The van der Waals surface area contributed by atoms with E-state index in [1.165, 1.54) is 22.3 Å². The highest BCUT2D eigenvalue weighted by atomic mass is 16.5. The third kappa shape index (κ3) is 8.82. The number of hydrogen-bond donors (Lipinski definition) is 1. The van der Waals surface area contributed by atoms with Crippen LogP contribution in [0.2, 0.25) is 0 Å². The Morgan fingerprint density at radius 1 is 0.541 bits per heavy atom. The highest BCUT2D eigenvalue weighted by Gasteiger charge is 2.15. The number of phenolic OH excluding ortho intramolecular Hbond substituents is 1. The molecule has 4 aromatic rings. The van der Waals surface area contributed by atoms with Gasteiger partial charge in [0, 0.05) is 0 Å². The number of benzene rings is 4. The van der Waals surface area contributed by atoms with Crippen LogP contribution in [-0.2, 0) is 12.8 Å². The van der Waals surface area contributed by atoms with Gasteiger partial charge in [0.25, 0.3) is 0 Å². The number of phenols is 1. The van der Waals surface area contributed by atoms with Crippen LogP contribution in [0.4, 0.5) is 0 Å². The maximum Gasteiger partial charge on any atom is 0.118 e. The van der Waals surface area contributed by atoms with E-state index in [0.29, 0.717) is 29.4 Å². The Hall–Kier alpha value is -3.52. The van der Waals surface area contributed by atoms with E-state index in [1.54, 1.807) is 19.2 Å². The lowest BCUT2D eigenvalue weighted by molar-refractivity contribution is 0.414. The number of methoxy groups -OCH3 is 1. The molecule has 0 aliphatic rings. The molecule has 0 amide bonds. The van der Waals surface area contributed by atoms with Crippen LogP contribution in [0.3, 0.4) is 0 Å². The average molecular weight is 495 g/mol. The highest BCUT2D eigenvalue weighted by Crippen LogP contribution is 2.28. The van der Waals surface area contributed by atoms with Crippen molar-refractivity contribution in [3.05, 3.63) is 131 Å². The minimum atomic E-state index is 0.336. The maximum absolute atomic E-state index is 9.28. The molecular formula is C35H42O2. The van der Waals surface area contributed by atoms with Crippen molar-refractivity contribution in [1.29, 1.82) is 0 Å². The second-order valence-electron chi connectivity index (χ2n) is 10.3. The van der Waals surface area contributed by atoms with Crippen LogP contribution in [0.25, 0.3) is 0 Å². The van der Waals surface area contributed by atoms with Crippen molar-refractivity contribution in [1.82, 2.24) is 0 Å². The second kappa shape index (κ2) is 14.3. The number of aromatic hydroxyl groups is 1. The van der Waals surface area contributed by atoms with E-state index in [-0.39, 0.29) is 0 Å². The number of ether oxygens (including phenoxy) is 1. The molecule has 0 fully saturated rings. The van der Waals surface area contributed by atoms with Crippen LogP contribution in [0.15, 0.2) is 109 Å². The molecule has 0 aliphatic heterocycles. The minimum absolute atomic E-state index is 0.336. The Labute approximate surface area is 224 Å². The van der Waals surface area contributed by atoms with Gasteiger partial charge in [0.05, 0.1) is 7.11 Å². The molecule has 0 saturated heterocycles. The molecule has 0 aromatic heterocycles. The van der Waals surface area contributed by atoms with E-state index in [1.807, 2.05) is 24.3 Å². The van der Waals surface area contributed by atoms with Gasteiger partial charge >= 0.3 is 0 Å². The molecule has 0 radical (unpaired) electrons. The number of rotatable bonds is 9. The largest absolute Gasteiger partial charge is 0.508 e. The first-order chi connectivity index (χ1) is 17.9. The molecule has 1 N–H and O–H groups in total. The van der Waals surface area contributed by atoms with E-state index in [0.717, 1.165) is 18.6 Å². The Kier molecular flexibility index (Phi) is 10.8. The molecule has 2 nitrogen and oxygen atoms in total. The molecule has 4 rings (SSSR count). The van der Waals surface area contributed by atoms with E-state index >= 15 is 0 Å². The summed E-state index contributed by atoms with van der Waals surface area (Å²) in [6.45, 7) is 9.19. The van der Waals surface area contributed by atoms with Crippen molar-refractivity contribution in [3.8, 4) is 11.5 Å². The molecule has 2 heteroatoms.